The lowest BCUT2D eigenvalue weighted by Gasteiger charge is -2.01. The minimum absolute atomic E-state index is 0.269. The molecule has 0 spiro atoms. The number of rotatable bonds is 5. The van der Waals surface area contributed by atoms with Crippen LogP contribution in [-0.2, 0) is 23.6 Å². The van der Waals surface area contributed by atoms with Crippen molar-refractivity contribution in [3.63, 3.8) is 0 Å². The monoisotopic (exact) mass is 344 g/mol. The van der Waals surface area contributed by atoms with Gasteiger partial charge in [-0.05, 0) is 23.6 Å². The molecule has 0 N–H and O–H groups in total. The van der Waals surface area contributed by atoms with Crippen LogP contribution >= 0.6 is 0 Å². The highest BCUT2D eigenvalue weighted by Crippen LogP contribution is 2.28. The lowest BCUT2D eigenvalue weighted by molar-refractivity contribution is 0.432. The smallest absolute Gasteiger partial charge is 0.258 e. The standard InChI is InChI=1S/C17H20N4O2S/c1-11(2)15-14(9-21(3)19-15)16-18-17(23-20-16)13-7-5-6-12(8-13)10-24(4)22/h5-9,11H,10H2,1-4H3. The molecule has 3 aromatic rings. The summed E-state index contributed by atoms with van der Waals surface area (Å²) >= 11 is 0. The van der Waals surface area contributed by atoms with E-state index in [1.54, 1.807) is 10.9 Å². The first-order valence-electron chi connectivity index (χ1n) is 7.71. The second-order valence-corrected chi connectivity index (χ2v) is 7.53. The van der Waals surface area contributed by atoms with Crippen LogP contribution < -0.4 is 0 Å². The maximum atomic E-state index is 11.4. The SMILES string of the molecule is CC(C)c1nn(C)cc1-c1noc(-c2cccc(CS(C)=O)c2)n1. The fourth-order valence-electron chi connectivity index (χ4n) is 2.58. The molecule has 1 atom stereocenters. The highest BCUT2D eigenvalue weighted by Gasteiger charge is 2.19. The molecule has 2 aromatic heterocycles. The second-order valence-electron chi connectivity index (χ2n) is 6.10. The van der Waals surface area contributed by atoms with Crippen LogP contribution in [0.2, 0.25) is 0 Å². The zero-order valence-corrected chi connectivity index (χ0v) is 15.0. The molecule has 7 heteroatoms. The van der Waals surface area contributed by atoms with Gasteiger partial charge in [0.05, 0.1) is 11.3 Å². The summed E-state index contributed by atoms with van der Waals surface area (Å²) in [6, 6.07) is 7.70. The third kappa shape index (κ3) is 3.46. The van der Waals surface area contributed by atoms with Gasteiger partial charge < -0.3 is 4.52 Å². The van der Waals surface area contributed by atoms with Gasteiger partial charge in [0.2, 0.25) is 5.82 Å². The van der Waals surface area contributed by atoms with E-state index in [1.165, 1.54) is 0 Å². The Morgan fingerprint density at radius 3 is 2.83 bits per heavy atom. The van der Waals surface area contributed by atoms with E-state index in [9.17, 15) is 4.21 Å². The van der Waals surface area contributed by atoms with Gasteiger partial charge in [0, 0.05) is 41.6 Å². The van der Waals surface area contributed by atoms with Gasteiger partial charge in [-0.2, -0.15) is 10.1 Å². The Balaban J connectivity index is 1.95. The molecule has 6 nitrogen and oxygen atoms in total. The number of aromatic nitrogens is 4. The van der Waals surface area contributed by atoms with Crippen LogP contribution in [0.1, 0.15) is 31.0 Å². The van der Waals surface area contributed by atoms with E-state index in [-0.39, 0.29) is 5.92 Å². The first-order valence-corrected chi connectivity index (χ1v) is 9.43. The van der Waals surface area contributed by atoms with Gasteiger partial charge in [0.25, 0.3) is 5.89 Å². The molecule has 0 bridgehead atoms. The molecular formula is C17H20N4O2S. The zero-order valence-electron chi connectivity index (χ0n) is 14.2. The fourth-order valence-corrected chi connectivity index (χ4v) is 3.23. The van der Waals surface area contributed by atoms with Crippen molar-refractivity contribution in [3.05, 3.63) is 41.7 Å². The number of aryl methyl sites for hydroxylation is 1. The van der Waals surface area contributed by atoms with Gasteiger partial charge in [0.15, 0.2) is 0 Å². The molecular weight excluding hydrogens is 324 g/mol. The molecule has 126 valence electrons. The normalized spacial score (nSPS) is 12.7. The van der Waals surface area contributed by atoms with Crippen LogP contribution in [0.25, 0.3) is 22.8 Å². The number of nitrogens with zero attached hydrogens (tertiary/aromatic N) is 4. The minimum atomic E-state index is -0.889. The van der Waals surface area contributed by atoms with E-state index in [4.69, 9.17) is 4.52 Å². The van der Waals surface area contributed by atoms with Gasteiger partial charge in [0.1, 0.15) is 0 Å². The first kappa shape index (κ1) is 16.6. The molecule has 2 heterocycles. The average molecular weight is 344 g/mol. The Kier molecular flexibility index (Phi) is 4.62. The topological polar surface area (TPSA) is 73.8 Å². The summed E-state index contributed by atoms with van der Waals surface area (Å²) < 4.78 is 18.6. The van der Waals surface area contributed by atoms with E-state index < -0.39 is 10.8 Å². The molecule has 0 aliphatic carbocycles. The molecule has 3 rings (SSSR count). The second kappa shape index (κ2) is 6.68. The molecule has 1 unspecified atom stereocenters. The molecule has 0 aliphatic heterocycles. The number of hydrogen-bond donors (Lipinski definition) is 0. The third-order valence-corrected chi connectivity index (χ3v) is 4.35. The molecule has 0 aliphatic rings. The predicted molar refractivity (Wildman–Crippen MR) is 93.8 cm³/mol. The summed E-state index contributed by atoms with van der Waals surface area (Å²) in [5.74, 6) is 1.76. The van der Waals surface area contributed by atoms with Crippen LogP contribution in [-0.4, -0.2) is 30.4 Å². The van der Waals surface area contributed by atoms with Crippen molar-refractivity contribution in [3.8, 4) is 22.8 Å². The highest BCUT2D eigenvalue weighted by molar-refractivity contribution is 7.83. The number of benzene rings is 1. The van der Waals surface area contributed by atoms with Crippen LogP contribution in [0.3, 0.4) is 0 Å². The van der Waals surface area contributed by atoms with Crippen molar-refractivity contribution >= 4 is 10.8 Å². The summed E-state index contributed by atoms with van der Waals surface area (Å²) in [7, 11) is 0.991. The summed E-state index contributed by atoms with van der Waals surface area (Å²) in [6.45, 7) is 4.17. The highest BCUT2D eigenvalue weighted by atomic mass is 32.2. The minimum Gasteiger partial charge on any atom is -0.334 e. The fraction of sp³-hybridized carbons (Fsp3) is 0.353. The Hall–Kier alpha value is -2.28. The van der Waals surface area contributed by atoms with Gasteiger partial charge in [-0.3, -0.25) is 8.89 Å². The van der Waals surface area contributed by atoms with Crippen molar-refractivity contribution in [1.82, 2.24) is 19.9 Å². The summed E-state index contributed by atoms with van der Waals surface area (Å²) in [5, 5.41) is 8.59. The summed E-state index contributed by atoms with van der Waals surface area (Å²) in [6.07, 6.45) is 3.59. The van der Waals surface area contributed by atoms with Crippen LogP contribution in [0, 0.1) is 0 Å². The van der Waals surface area contributed by atoms with Gasteiger partial charge in [-0.25, -0.2) is 0 Å². The van der Waals surface area contributed by atoms with E-state index in [1.807, 2.05) is 37.5 Å². The van der Waals surface area contributed by atoms with Crippen molar-refractivity contribution < 1.29 is 8.73 Å². The van der Waals surface area contributed by atoms with E-state index in [0.29, 0.717) is 17.5 Å². The quantitative estimate of drug-likeness (QED) is 0.711. The maximum Gasteiger partial charge on any atom is 0.258 e. The van der Waals surface area contributed by atoms with E-state index in [2.05, 4.69) is 29.1 Å². The van der Waals surface area contributed by atoms with Gasteiger partial charge in [-0.15, -0.1) is 0 Å². The van der Waals surface area contributed by atoms with E-state index >= 15 is 0 Å². The third-order valence-electron chi connectivity index (χ3n) is 3.62. The van der Waals surface area contributed by atoms with Gasteiger partial charge >= 0.3 is 0 Å². The molecule has 0 saturated carbocycles. The predicted octanol–water partition coefficient (Wildman–Crippen LogP) is 3.14. The maximum absolute atomic E-state index is 11.4. The van der Waals surface area contributed by atoms with Crippen molar-refractivity contribution in [1.29, 1.82) is 0 Å². The van der Waals surface area contributed by atoms with Crippen LogP contribution in [0.4, 0.5) is 0 Å². The van der Waals surface area contributed by atoms with Crippen molar-refractivity contribution in [2.24, 2.45) is 7.05 Å². The average Bonchev–Trinajstić information content (AvgIpc) is 3.13. The Morgan fingerprint density at radius 1 is 1.33 bits per heavy atom. The van der Waals surface area contributed by atoms with Gasteiger partial charge in [-0.1, -0.05) is 31.1 Å². The lowest BCUT2D eigenvalue weighted by atomic mass is 10.1. The van der Waals surface area contributed by atoms with Crippen LogP contribution in [0.5, 0.6) is 0 Å². The summed E-state index contributed by atoms with van der Waals surface area (Å²) in [4.78, 5) is 4.52. The molecule has 24 heavy (non-hydrogen) atoms. The molecule has 0 fully saturated rings. The van der Waals surface area contributed by atoms with Crippen molar-refractivity contribution in [2.45, 2.75) is 25.5 Å². The first-order chi connectivity index (χ1) is 11.4. The van der Waals surface area contributed by atoms with Crippen molar-refractivity contribution in [2.75, 3.05) is 6.26 Å². The Morgan fingerprint density at radius 2 is 2.12 bits per heavy atom. The van der Waals surface area contributed by atoms with Crippen LogP contribution in [0.15, 0.2) is 35.0 Å². The zero-order chi connectivity index (χ0) is 17.3. The Labute approximate surface area is 143 Å². The Bertz CT molecular complexity index is 882. The molecule has 0 radical (unpaired) electrons. The molecule has 1 aromatic carbocycles. The number of hydrogen-bond acceptors (Lipinski definition) is 5. The van der Waals surface area contributed by atoms with E-state index in [0.717, 1.165) is 22.4 Å². The summed E-state index contributed by atoms with van der Waals surface area (Å²) in [5.41, 5.74) is 3.64. The molecule has 0 saturated heterocycles. The largest absolute Gasteiger partial charge is 0.334 e. The molecule has 0 amide bonds. The lowest BCUT2D eigenvalue weighted by Crippen LogP contribution is -1.94.